The first kappa shape index (κ1) is 15.3. The van der Waals surface area contributed by atoms with Gasteiger partial charge in [0.25, 0.3) is 11.5 Å². The summed E-state index contributed by atoms with van der Waals surface area (Å²) in [5.74, 6) is -0.142. The van der Waals surface area contributed by atoms with Crippen molar-refractivity contribution in [2.75, 3.05) is 39.4 Å². The molecule has 8 nitrogen and oxygen atoms in total. The first-order valence-electron chi connectivity index (χ1n) is 8.40. The van der Waals surface area contributed by atoms with Crippen molar-refractivity contribution in [3.63, 3.8) is 0 Å². The van der Waals surface area contributed by atoms with Crippen LogP contribution in [0.25, 0.3) is 5.65 Å². The van der Waals surface area contributed by atoms with Crippen LogP contribution in [0.2, 0.25) is 0 Å². The summed E-state index contributed by atoms with van der Waals surface area (Å²) in [6, 6.07) is 1.82. The summed E-state index contributed by atoms with van der Waals surface area (Å²) in [5, 5.41) is 3.05. The lowest BCUT2D eigenvalue weighted by molar-refractivity contribution is 0.0327. The van der Waals surface area contributed by atoms with Crippen LogP contribution in [0.4, 0.5) is 0 Å². The van der Waals surface area contributed by atoms with Crippen molar-refractivity contribution in [1.29, 1.82) is 0 Å². The lowest BCUT2D eigenvalue weighted by atomic mass is 10.2. The number of nitrogens with one attached hydrogen (secondary N) is 1. The number of hydrogen-bond acceptors (Lipinski definition) is 5. The van der Waals surface area contributed by atoms with E-state index in [9.17, 15) is 9.59 Å². The number of carbonyl (C=O) groups is 1. The summed E-state index contributed by atoms with van der Waals surface area (Å²) in [6.45, 7) is 6.99. The van der Waals surface area contributed by atoms with Gasteiger partial charge in [0.05, 0.1) is 25.3 Å². The van der Waals surface area contributed by atoms with Crippen LogP contribution in [-0.2, 0) is 17.7 Å². The van der Waals surface area contributed by atoms with Gasteiger partial charge in [0, 0.05) is 37.9 Å². The molecule has 4 heterocycles. The van der Waals surface area contributed by atoms with Gasteiger partial charge in [0.15, 0.2) is 5.65 Å². The predicted molar refractivity (Wildman–Crippen MR) is 87.2 cm³/mol. The number of carbonyl (C=O) groups excluding carboxylic acids is 1. The largest absolute Gasteiger partial charge is 0.379 e. The molecule has 8 heteroatoms. The molecule has 0 saturated carbocycles. The van der Waals surface area contributed by atoms with Crippen LogP contribution in [0.1, 0.15) is 28.7 Å². The Morgan fingerprint density at radius 2 is 2.04 bits per heavy atom. The van der Waals surface area contributed by atoms with E-state index in [1.807, 2.05) is 13.0 Å². The minimum Gasteiger partial charge on any atom is -0.379 e. The molecule has 2 aliphatic rings. The number of morpholine rings is 1. The minimum absolute atomic E-state index is 0.142. The maximum absolute atomic E-state index is 12.6. The normalized spacial score (nSPS) is 18.5. The molecule has 0 radical (unpaired) electrons. The third-order valence-corrected chi connectivity index (χ3v) is 4.77. The zero-order valence-electron chi connectivity index (χ0n) is 13.7. The van der Waals surface area contributed by atoms with Gasteiger partial charge in [0.1, 0.15) is 5.69 Å². The molecule has 1 N–H and O–H groups in total. The second-order valence-corrected chi connectivity index (χ2v) is 6.25. The van der Waals surface area contributed by atoms with Gasteiger partial charge in [0.2, 0.25) is 0 Å². The van der Waals surface area contributed by atoms with E-state index in [2.05, 4.69) is 15.0 Å². The Bertz CT molecular complexity index is 834. The van der Waals surface area contributed by atoms with E-state index in [4.69, 9.17) is 4.74 Å². The summed E-state index contributed by atoms with van der Waals surface area (Å²) in [7, 11) is 0. The van der Waals surface area contributed by atoms with Gasteiger partial charge in [-0.25, -0.2) is 9.50 Å². The molecular weight excluding hydrogens is 310 g/mol. The topological polar surface area (TPSA) is 82.9 Å². The number of ether oxygens (including phenoxy) is 1. The van der Waals surface area contributed by atoms with Crippen molar-refractivity contribution in [2.45, 2.75) is 19.9 Å². The highest BCUT2D eigenvalue weighted by molar-refractivity contribution is 5.96. The average molecular weight is 331 g/mol. The second-order valence-electron chi connectivity index (χ2n) is 6.25. The van der Waals surface area contributed by atoms with Gasteiger partial charge in [-0.2, -0.15) is 0 Å². The zero-order chi connectivity index (χ0) is 16.7. The summed E-state index contributed by atoms with van der Waals surface area (Å²) >= 11 is 0. The molecule has 2 aromatic rings. The molecule has 2 aliphatic heterocycles. The number of fused-ring (bicyclic) bond motifs is 2. The van der Waals surface area contributed by atoms with Crippen molar-refractivity contribution in [3.8, 4) is 0 Å². The van der Waals surface area contributed by atoms with Gasteiger partial charge in [-0.05, 0) is 6.42 Å². The summed E-state index contributed by atoms with van der Waals surface area (Å²) in [6.07, 6.45) is 0.785. The summed E-state index contributed by atoms with van der Waals surface area (Å²) < 4.78 is 6.77. The third-order valence-electron chi connectivity index (χ3n) is 4.77. The van der Waals surface area contributed by atoms with Crippen molar-refractivity contribution >= 4 is 11.6 Å². The summed E-state index contributed by atoms with van der Waals surface area (Å²) in [4.78, 5) is 33.6. The van der Waals surface area contributed by atoms with Gasteiger partial charge in [-0.15, -0.1) is 0 Å². The van der Waals surface area contributed by atoms with Crippen LogP contribution in [0, 0.1) is 0 Å². The number of rotatable bonds is 4. The number of aryl methyl sites for hydroxylation is 1. The van der Waals surface area contributed by atoms with E-state index >= 15 is 0 Å². The fraction of sp³-hybridized carbons (Fsp3) is 0.562. The van der Waals surface area contributed by atoms with Crippen molar-refractivity contribution < 1.29 is 9.53 Å². The molecule has 24 heavy (non-hydrogen) atoms. The number of aromatic nitrogens is 3. The first-order chi connectivity index (χ1) is 11.7. The second kappa shape index (κ2) is 6.03. The van der Waals surface area contributed by atoms with Crippen LogP contribution >= 0.6 is 0 Å². The first-order valence-corrected chi connectivity index (χ1v) is 8.40. The molecule has 0 bridgehead atoms. The number of nitrogens with zero attached hydrogens (tertiary/aromatic N) is 4. The van der Waals surface area contributed by atoms with E-state index < -0.39 is 0 Å². The molecule has 2 aromatic heterocycles. The van der Waals surface area contributed by atoms with Crippen LogP contribution in [0.3, 0.4) is 0 Å². The molecule has 0 aromatic carbocycles. The van der Waals surface area contributed by atoms with E-state index in [1.165, 1.54) is 4.52 Å². The molecule has 1 amide bonds. The van der Waals surface area contributed by atoms with Crippen LogP contribution in [-0.4, -0.2) is 69.7 Å². The Balaban J connectivity index is 1.55. The highest BCUT2D eigenvalue weighted by Gasteiger charge is 2.32. The molecule has 0 aliphatic carbocycles. The van der Waals surface area contributed by atoms with E-state index in [1.54, 1.807) is 4.90 Å². The quantitative estimate of drug-likeness (QED) is 0.844. The number of amides is 1. The fourth-order valence-corrected chi connectivity index (χ4v) is 3.29. The Morgan fingerprint density at radius 3 is 2.79 bits per heavy atom. The van der Waals surface area contributed by atoms with E-state index in [0.29, 0.717) is 30.0 Å². The van der Waals surface area contributed by atoms with Crippen LogP contribution in [0.5, 0.6) is 0 Å². The fourth-order valence-electron chi connectivity index (χ4n) is 3.29. The van der Waals surface area contributed by atoms with Gasteiger partial charge in [-0.3, -0.25) is 19.6 Å². The SMILES string of the molecule is CCc1cc2nc3c(c(=O)n2[nH]1)CN(CCN1CCOCC1)C3=O. The van der Waals surface area contributed by atoms with Crippen molar-refractivity contribution in [1.82, 2.24) is 24.4 Å². The van der Waals surface area contributed by atoms with Gasteiger partial charge >= 0.3 is 0 Å². The molecule has 1 fully saturated rings. The molecule has 0 spiro atoms. The summed E-state index contributed by atoms with van der Waals surface area (Å²) in [5.41, 5.74) is 2.07. The Hall–Kier alpha value is -2.19. The lowest BCUT2D eigenvalue weighted by Crippen LogP contribution is -2.41. The number of aromatic amines is 1. The van der Waals surface area contributed by atoms with Crippen LogP contribution in [0.15, 0.2) is 10.9 Å². The van der Waals surface area contributed by atoms with Crippen LogP contribution < -0.4 is 5.56 Å². The van der Waals surface area contributed by atoms with Crippen molar-refractivity contribution in [3.05, 3.63) is 33.4 Å². The third kappa shape index (κ3) is 2.51. The Labute approximate surface area is 139 Å². The molecule has 128 valence electrons. The number of H-pyrrole nitrogens is 1. The zero-order valence-corrected chi connectivity index (χ0v) is 13.7. The van der Waals surface area contributed by atoms with E-state index in [0.717, 1.165) is 45.0 Å². The van der Waals surface area contributed by atoms with E-state index in [-0.39, 0.29) is 11.5 Å². The monoisotopic (exact) mass is 331 g/mol. The maximum Gasteiger partial charge on any atom is 0.278 e. The molecule has 4 rings (SSSR count). The Morgan fingerprint density at radius 1 is 1.25 bits per heavy atom. The van der Waals surface area contributed by atoms with Gasteiger partial charge < -0.3 is 9.64 Å². The lowest BCUT2D eigenvalue weighted by Gasteiger charge is -2.28. The average Bonchev–Trinajstić information content (AvgIpc) is 3.17. The minimum atomic E-state index is -0.170. The van der Waals surface area contributed by atoms with Crippen molar-refractivity contribution in [2.24, 2.45) is 0 Å². The molecular formula is C16H21N5O3. The highest BCUT2D eigenvalue weighted by atomic mass is 16.5. The highest BCUT2D eigenvalue weighted by Crippen LogP contribution is 2.19. The van der Waals surface area contributed by atoms with Gasteiger partial charge in [-0.1, -0.05) is 6.92 Å². The molecule has 0 atom stereocenters. The standard InChI is InChI=1S/C16H21N5O3/c1-2-11-9-13-17-14-12(15(22)21(13)18-11)10-20(16(14)23)4-3-19-5-7-24-8-6-19/h9,18H,2-8,10H2,1H3. The smallest absolute Gasteiger partial charge is 0.278 e. The number of hydrogen-bond donors (Lipinski definition) is 1. The predicted octanol–water partition coefficient (Wildman–Crippen LogP) is -0.127. The molecule has 1 saturated heterocycles. The Kier molecular flexibility index (Phi) is 3.85. The molecule has 0 unspecified atom stereocenters. The maximum atomic E-state index is 12.6.